The van der Waals surface area contributed by atoms with E-state index in [0.717, 1.165) is 26.4 Å². The van der Waals surface area contributed by atoms with Crippen LogP contribution >= 0.6 is 38.9 Å². The average Bonchev–Trinajstić information content (AvgIpc) is 2.98. The van der Waals surface area contributed by atoms with Crippen molar-refractivity contribution < 1.29 is 4.74 Å². The van der Waals surface area contributed by atoms with Crippen LogP contribution in [0.3, 0.4) is 0 Å². The first-order valence-electron chi connectivity index (χ1n) is 5.64. The predicted molar refractivity (Wildman–Crippen MR) is 81.1 cm³/mol. The van der Waals surface area contributed by atoms with Gasteiger partial charge in [0.15, 0.2) is 4.96 Å². The standard InChI is InChI=1S/C13H10BrClN2OS/c14-12-2-1-11(5-9(12)6-15)18-8-10-7-17-3-4-19-13(17)16-10/h1-5,7H,6,8H2. The molecule has 0 amide bonds. The van der Waals surface area contributed by atoms with Crippen molar-refractivity contribution in [2.24, 2.45) is 0 Å². The summed E-state index contributed by atoms with van der Waals surface area (Å²) >= 11 is 10.9. The summed E-state index contributed by atoms with van der Waals surface area (Å²) in [6.07, 6.45) is 3.97. The zero-order valence-electron chi connectivity index (χ0n) is 9.85. The van der Waals surface area contributed by atoms with Crippen LogP contribution in [0, 0.1) is 0 Å². The van der Waals surface area contributed by atoms with Crippen LogP contribution in [0.25, 0.3) is 4.96 Å². The third-order valence-electron chi connectivity index (χ3n) is 2.69. The Morgan fingerprint density at radius 2 is 2.32 bits per heavy atom. The lowest BCUT2D eigenvalue weighted by molar-refractivity contribution is 0.302. The minimum Gasteiger partial charge on any atom is -0.487 e. The van der Waals surface area contributed by atoms with E-state index in [1.165, 1.54) is 0 Å². The quantitative estimate of drug-likeness (QED) is 0.644. The molecule has 3 aromatic rings. The number of rotatable bonds is 4. The van der Waals surface area contributed by atoms with Crippen LogP contribution in [0.1, 0.15) is 11.3 Å². The molecule has 0 aliphatic rings. The van der Waals surface area contributed by atoms with E-state index in [0.29, 0.717) is 12.5 Å². The van der Waals surface area contributed by atoms with Crippen molar-refractivity contribution >= 4 is 43.8 Å². The molecular formula is C13H10BrClN2OS. The molecule has 19 heavy (non-hydrogen) atoms. The Bertz CT molecular complexity index is 681. The van der Waals surface area contributed by atoms with Crippen LogP contribution in [-0.2, 0) is 12.5 Å². The second-order valence-electron chi connectivity index (χ2n) is 4.00. The smallest absolute Gasteiger partial charge is 0.193 e. The topological polar surface area (TPSA) is 26.5 Å². The fourth-order valence-corrected chi connectivity index (χ4v) is 3.23. The summed E-state index contributed by atoms with van der Waals surface area (Å²) in [7, 11) is 0. The third kappa shape index (κ3) is 2.78. The minimum absolute atomic E-state index is 0.456. The van der Waals surface area contributed by atoms with Crippen LogP contribution in [0.4, 0.5) is 0 Å². The highest BCUT2D eigenvalue weighted by molar-refractivity contribution is 9.10. The normalized spacial score (nSPS) is 11.1. The number of alkyl halides is 1. The Morgan fingerprint density at radius 1 is 1.42 bits per heavy atom. The summed E-state index contributed by atoms with van der Waals surface area (Å²) in [5.41, 5.74) is 1.94. The molecule has 0 N–H and O–H groups in total. The number of nitrogens with zero attached hydrogens (tertiary/aromatic N) is 2. The van der Waals surface area contributed by atoms with Gasteiger partial charge in [-0.25, -0.2) is 4.98 Å². The molecule has 3 nitrogen and oxygen atoms in total. The molecule has 0 aliphatic carbocycles. The lowest BCUT2D eigenvalue weighted by atomic mass is 10.2. The van der Waals surface area contributed by atoms with E-state index in [-0.39, 0.29) is 0 Å². The van der Waals surface area contributed by atoms with E-state index in [1.54, 1.807) is 11.3 Å². The van der Waals surface area contributed by atoms with E-state index in [9.17, 15) is 0 Å². The van der Waals surface area contributed by atoms with E-state index in [1.807, 2.05) is 40.4 Å². The Morgan fingerprint density at radius 3 is 3.11 bits per heavy atom. The van der Waals surface area contributed by atoms with Gasteiger partial charge in [-0.3, -0.25) is 4.40 Å². The van der Waals surface area contributed by atoms with E-state index in [2.05, 4.69) is 20.9 Å². The SMILES string of the molecule is ClCc1cc(OCc2cn3ccsc3n2)ccc1Br. The zero-order valence-corrected chi connectivity index (χ0v) is 13.0. The van der Waals surface area contributed by atoms with Gasteiger partial charge in [-0.05, 0) is 23.8 Å². The second-order valence-corrected chi connectivity index (χ2v) is 6.00. The summed E-state index contributed by atoms with van der Waals surface area (Å²) in [4.78, 5) is 5.45. The summed E-state index contributed by atoms with van der Waals surface area (Å²) in [6.45, 7) is 0.456. The van der Waals surface area contributed by atoms with Gasteiger partial charge in [-0.2, -0.15) is 0 Å². The molecule has 0 spiro atoms. The Labute approximate surface area is 127 Å². The molecule has 0 saturated heterocycles. The van der Waals surface area contributed by atoms with Crippen molar-refractivity contribution in [1.82, 2.24) is 9.38 Å². The summed E-state index contributed by atoms with van der Waals surface area (Å²) in [6, 6.07) is 5.80. The van der Waals surface area contributed by atoms with Gasteiger partial charge in [0, 0.05) is 28.1 Å². The molecule has 0 atom stereocenters. The van der Waals surface area contributed by atoms with Crippen LogP contribution in [0.15, 0.2) is 40.4 Å². The maximum Gasteiger partial charge on any atom is 0.193 e. The maximum absolute atomic E-state index is 5.86. The molecule has 2 heterocycles. The average molecular weight is 358 g/mol. The fourth-order valence-electron chi connectivity index (χ4n) is 1.75. The minimum atomic E-state index is 0.456. The summed E-state index contributed by atoms with van der Waals surface area (Å²) < 4.78 is 8.73. The molecule has 98 valence electrons. The second kappa shape index (κ2) is 5.53. The van der Waals surface area contributed by atoms with Crippen LogP contribution in [-0.4, -0.2) is 9.38 Å². The lowest BCUT2D eigenvalue weighted by Crippen LogP contribution is -1.96. The number of hydrogen-bond donors (Lipinski definition) is 0. The Hall–Kier alpha value is -1.04. The maximum atomic E-state index is 5.86. The number of halogens is 2. The zero-order chi connectivity index (χ0) is 13.2. The molecule has 6 heteroatoms. The van der Waals surface area contributed by atoms with Crippen molar-refractivity contribution in [3.63, 3.8) is 0 Å². The van der Waals surface area contributed by atoms with Crippen LogP contribution in [0.5, 0.6) is 5.75 Å². The van der Waals surface area contributed by atoms with Gasteiger partial charge < -0.3 is 4.74 Å². The number of benzene rings is 1. The van der Waals surface area contributed by atoms with E-state index in [4.69, 9.17) is 16.3 Å². The number of hydrogen-bond acceptors (Lipinski definition) is 3. The Kier molecular flexibility index (Phi) is 3.77. The molecule has 0 fully saturated rings. The number of imidazole rings is 1. The lowest BCUT2D eigenvalue weighted by Gasteiger charge is -2.07. The van der Waals surface area contributed by atoms with Crippen molar-refractivity contribution in [2.45, 2.75) is 12.5 Å². The first kappa shape index (κ1) is 13.0. The first-order valence-corrected chi connectivity index (χ1v) is 7.85. The van der Waals surface area contributed by atoms with Gasteiger partial charge >= 0.3 is 0 Å². The first-order chi connectivity index (χ1) is 9.26. The van der Waals surface area contributed by atoms with Gasteiger partial charge in [0.1, 0.15) is 12.4 Å². The molecule has 0 unspecified atom stereocenters. The highest BCUT2D eigenvalue weighted by atomic mass is 79.9. The molecule has 0 aliphatic heterocycles. The fraction of sp³-hybridized carbons (Fsp3) is 0.154. The summed E-state index contributed by atoms with van der Waals surface area (Å²) in [5.74, 6) is 1.26. The number of fused-ring (bicyclic) bond motifs is 1. The van der Waals surface area contributed by atoms with Gasteiger partial charge in [0.2, 0.25) is 0 Å². The highest BCUT2D eigenvalue weighted by Crippen LogP contribution is 2.24. The molecule has 0 saturated carbocycles. The van der Waals surface area contributed by atoms with Crippen molar-refractivity contribution in [1.29, 1.82) is 0 Å². The van der Waals surface area contributed by atoms with E-state index < -0.39 is 0 Å². The summed E-state index contributed by atoms with van der Waals surface area (Å²) in [5, 5.41) is 2.01. The molecular weight excluding hydrogens is 348 g/mol. The van der Waals surface area contributed by atoms with Crippen LogP contribution < -0.4 is 4.74 Å². The molecule has 0 radical (unpaired) electrons. The third-order valence-corrected chi connectivity index (χ3v) is 4.52. The van der Waals surface area contributed by atoms with Gasteiger partial charge in [-0.1, -0.05) is 15.9 Å². The van der Waals surface area contributed by atoms with Gasteiger partial charge in [-0.15, -0.1) is 22.9 Å². The molecule has 1 aromatic carbocycles. The molecule has 2 aromatic heterocycles. The Balaban J connectivity index is 1.73. The predicted octanol–water partition coefficient (Wildman–Crippen LogP) is 4.48. The van der Waals surface area contributed by atoms with Crippen molar-refractivity contribution in [3.05, 3.63) is 51.7 Å². The number of ether oxygens (including phenoxy) is 1. The van der Waals surface area contributed by atoms with Gasteiger partial charge in [0.25, 0.3) is 0 Å². The number of thiazole rings is 1. The largest absolute Gasteiger partial charge is 0.487 e. The monoisotopic (exact) mass is 356 g/mol. The van der Waals surface area contributed by atoms with E-state index >= 15 is 0 Å². The van der Waals surface area contributed by atoms with Crippen LogP contribution in [0.2, 0.25) is 0 Å². The van der Waals surface area contributed by atoms with Crippen molar-refractivity contribution in [3.8, 4) is 5.75 Å². The number of aromatic nitrogens is 2. The molecule has 3 rings (SSSR count). The van der Waals surface area contributed by atoms with Crippen molar-refractivity contribution in [2.75, 3.05) is 0 Å². The molecule has 0 bridgehead atoms. The van der Waals surface area contributed by atoms with Gasteiger partial charge in [0.05, 0.1) is 5.69 Å². The highest BCUT2D eigenvalue weighted by Gasteiger charge is 2.05.